The van der Waals surface area contributed by atoms with E-state index in [0.717, 1.165) is 16.7 Å². The molecule has 0 aliphatic carbocycles. The Morgan fingerprint density at radius 3 is 2.46 bits per heavy atom. The van der Waals surface area contributed by atoms with Gasteiger partial charge in [0, 0.05) is 16.7 Å². The van der Waals surface area contributed by atoms with E-state index in [4.69, 9.17) is 9.25 Å². The number of carbonyl (C=O) groups is 1. The van der Waals surface area contributed by atoms with Crippen molar-refractivity contribution in [1.82, 2.24) is 15.7 Å². The van der Waals surface area contributed by atoms with Crippen molar-refractivity contribution in [2.45, 2.75) is 13.8 Å². The zero-order valence-electron chi connectivity index (χ0n) is 13.4. The van der Waals surface area contributed by atoms with E-state index in [9.17, 15) is 4.79 Å². The van der Waals surface area contributed by atoms with E-state index in [-0.39, 0.29) is 5.91 Å². The number of nitrogens with zero attached hydrogens (tertiary/aromatic N) is 2. The molecule has 1 heterocycles. The molecule has 0 saturated carbocycles. The molecular formula is C18H17N3O3. The maximum atomic E-state index is 11.8. The van der Waals surface area contributed by atoms with E-state index in [1.165, 1.54) is 0 Å². The van der Waals surface area contributed by atoms with Gasteiger partial charge in [0.15, 0.2) is 0 Å². The number of hydroxylamine groups is 1. The van der Waals surface area contributed by atoms with Crippen molar-refractivity contribution in [2.75, 3.05) is 6.61 Å². The van der Waals surface area contributed by atoms with Gasteiger partial charge in [-0.1, -0.05) is 17.7 Å². The summed E-state index contributed by atoms with van der Waals surface area (Å²) in [6.07, 6.45) is 0. The largest absolute Gasteiger partial charge is 0.416 e. The van der Waals surface area contributed by atoms with Crippen molar-refractivity contribution >= 4 is 5.91 Å². The predicted octanol–water partition coefficient (Wildman–Crippen LogP) is 3.39. The lowest BCUT2D eigenvalue weighted by Crippen LogP contribution is -2.23. The number of aromatic nitrogens is 2. The van der Waals surface area contributed by atoms with Crippen LogP contribution < -0.4 is 5.48 Å². The van der Waals surface area contributed by atoms with E-state index in [0.29, 0.717) is 24.0 Å². The van der Waals surface area contributed by atoms with Crippen molar-refractivity contribution in [3.8, 4) is 22.9 Å². The average Bonchev–Trinajstić information content (AvgIpc) is 3.10. The van der Waals surface area contributed by atoms with Crippen LogP contribution in [0.4, 0.5) is 0 Å². The van der Waals surface area contributed by atoms with Crippen molar-refractivity contribution in [3.63, 3.8) is 0 Å². The summed E-state index contributed by atoms with van der Waals surface area (Å²) >= 11 is 0. The van der Waals surface area contributed by atoms with Crippen LogP contribution in [0.25, 0.3) is 22.9 Å². The number of amides is 1. The van der Waals surface area contributed by atoms with Crippen LogP contribution in [0.15, 0.2) is 52.9 Å². The molecule has 0 spiro atoms. The fourth-order valence-electron chi connectivity index (χ4n) is 2.20. The molecule has 0 atom stereocenters. The lowest BCUT2D eigenvalue weighted by molar-refractivity contribution is 0.0364. The van der Waals surface area contributed by atoms with Gasteiger partial charge in [0.1, 0.15) is 0 Å². The molecule has 1 N–H and O–H groups in total. The highest BCUT2D eigenvalue weighted by molar-refractivity contribution is 5.93. The minimum absolute atomic E-state index is 0.297. The van der Waals surface area contributed by atoms with Crippen molar-refractivity contribution in [1.29, 1.82) is 0 Å². The summed E-state index contributed by atoms with van der Waals surface area (Å²) in [5, 5.41) is 8.16. The number of nitrogens with one attached hydrogen (secondary N) is 1. The molecule has 24 heavy (non-hydrogen) atoms. The molecule has 122 valence electrons. The van der Waals surface area contributed by atoms with Gasteiger partial charge in [-0.3, -0.25) is 9.63 Å². The summed E-state index contributed by atoms with van der Waals surface area (Å²) in [7, 11) is 0. The zero-order valence-corrected chi connectivity index (χ0v) is 13.4. The fourth-order valence-corrected chi connectivity index (χ4v) is 2.20. The number of carbonyl (C=O) groups excluding carboxylic acids is 1. The Bertz CT molecular complexity index is 841. The van der Waals surface area contributed by atoms with E-state index < -0.39 is 0 Å². The third-order valence-electron chi connectivity index (χ3n) is 3.39. The molecule has 1 aromatic heterocycles. The molecule has 0 bridgehead atoms. The maximum absolute atomic E-state index is 11.8. The second kappa shape index (κ2) is 7.06. The van der Waals surface area contributed by atoms with Crippen LogP contribution in [0, 0.1) is 6.92 Å². The smallest absolute Gasteiger partial charge is 0.274 e. The molecule has 3 rings (SSSR count). The Morgan fingerprint density at radius 1 is 1.08 bits per heavy atom. The third kappa shape index (κ3) is 3.49. The zero-order chi connectivity index (χ0) is 16.9. The minimum atomic E-state index is -0.297. The van der Waals surface area contributed by atoms with Gasteiger partial charge in [-0.05, 0) is 50.2 Å². The van der Waals surface area contributed by atoms with Crippen LogP contribution >= 0.6 is 0 Å². The predicted molar refractivity (Wildman–Crippen MR) is 89.0 cm³/mol. The number of benzene rings is 2. The number of rotatable bonds is 5. The van der Waals surface area contributed by atoms with Crippen molar-refractivity contribution in [3.05, 3.63) is 59.7 Å². The van der Waals surface area contributed by atoms with E-state index in [1.54, 1.807) is 31.2 Å². The first-order chi connectivity index (χ1) is 11.7. The van der Waals surface area contributed by atoms with Crippen LogP contribution in [-0.2, 0) is 4.84 Å². The highest BCUT2D eigenvalue weighted by atomic mass is 16.6. The van der Waals surface area contributed by atoms with E-state index >= 15 is 0 Å². The van der Waals surface area contributed by atoms with Gasteiger partial charge in [-0.15, -0.1) is 10.2 Å². The van der Waals surface area contributed by atoms with Crippen LogP contribution in [0.5, 0.6) is 0 Å². The molecule has 6 heteroatoms. The maximum Gasteiger partial charge on any atom is 0.274 e. The second-order valence-corrected chi connectivity index (χ2v) is 5.22. The molecule has 0 aliphatic rings. The molecule has 6 nitrogen and oxygen atoms in total. The SMILES string of the molecule is CCONC(=O)c1ccc(-c2nnc(-c3cccc(C)c3)o2)cc1. The standard InChI is InChI=1S/C18H17N3O3/c1-3-23-21-16(22)13-7-9-14(10-8-13)17-19-20-18(24-17)15-6-4-5-12(2)11-15/h4-11H,3H2,1-2H3,(H,21,22). The summed E-state index contributed by atoms with van der Waals surface area (Å²) in [5.74, 6) is 0.574. The molecule has 0 fully saturated rings. The van der Waals surface area contributed by atoms with Gasteiger partial charge >= 0.3 is 0 Å². The molecule has 1 amide bonds. The Balaban J connectivity index is 1.79. The first-order valence-electron chi connectivity index (χ1n) is 7.60. The normalized spacial score (nSPS) is 10.6. The molecule has 0 aliphatic heterocycles. The summed E-state index contributed by atoms with van der Waals surface area (Å²) < 4.78 is 5.73. The summed E-state index contributed by atoms with van der Waals surface area (Å²) in [6, 6.07) is 14.7. The van der Waals surface area contributed by atoms with Crippen molar-refractivity contribution in [2.24, 2.45) is 0 Å². The lowest BCUT2D eigenvalue weighted by Gasteiger charge is -2.03. The summed E-state index contributed by atoms with van der Waals surface area (Å²) in [5.41, 5.74) is 5.58. The molecule has 0 radical (unpaired) electrons. The van der Waals surface area contributed by atoms with Gasteiger partial charge in [-0.2, -0.15) is 0 Å². The molecule has 0 unspecified atom stereocenters. The van der Waals surface area contributed by atoms with Gasteiger partial charge in [0.05, 0.1) is 6.61 Å². The van der Waals surface area contributed by atoms with E-state index in [1.807, 2.05) is 31.2 Å². The summed E-state index contributed by atoms with van der Waals surface area (Å²) in [4.78, 5) is 16.7. The van der Waals surface area contributed by atoms with Gasteiger partial charge in [-0.25, -0.2) is 5.48 Å². The summed E-state index contributed by atoms with van der Waals surface area (Å²) in [6.45, 7) is 4.21. The highest BCUT2D eigenvalue weighted by Crippen LogP contribution is 2.24. The van der Waals surface area contributed by atoms with Crippen LogP contribution in [0.1, 0.15) is 22.8 Å². The first-order valence-corrected chi connectivity index (χ1v) is 7.60. The van der Waals surface area contributed by atoms with Crippen LogP contribution in [0.2, 0.25) is 0 Å². The first kappa shape index (κ1) is 15.9. The molecule has 2 aromatic carbocycles. The van der Waals surface area contributed by atoms with Gasteiger partial charge < -0.3 is 4.42 Å². The minimum Gasteiger partial charge on any atom is -0.416 e. The fraction of sp³-hybridized carbons (Fsp3) is 0.167. The Labute approximate surface area is 139 Å². The molecule has 0 saturated heterocycles. The molecule has 3 aromatic rings. The van der Waals surface area contributed by atoms with E-state index in [2.05, 4.69) is 15.7 Å². The quantitative estimate of drug-likeness (QED) is 0.728. The second-order valence-electron chi connectivity index (χ2n) is 5.22. The number of hydrogen-bond acceptors (Lipinski definition) is 5. The Morgan fingerprint density at radius 2 is 1.79 bits per heavy atom. The lowest BCUT2D eigenvalue weighted by atomic mass is 10.1. The van der Waals surface area contributed by atoms with Crippen molar-refractivity contribution < 1.29 is 14.0 Å². The highest BCUT2D eigenvalue weighted by Gasteiger charge is 2.12. The van der Waals surface area contributed by atoms with Gasteiger partial charge in [0.2, 0.25) is 11.8 Å². The molecular weight excluding hydrogens is 306 g/mol. The van der Waals surface area contributed by atoms with Gasteiger partial charge in [0.25, 0.3) is 5.91 Å². The topological polar surface area (TPSA) is 77.2 Å². The number of aryl methyl sites for hydroxylation is 1. The van der Waals surface area contributed by atoms with Crippen LogP contribution in [-0.4, -0.2) is 22.7 Å². The third-order valence-corrected chi connectivity index (χ3v) is 3.39. The Kier molecular flexibility index (Phi) is 4.67. The Hall–Kier alpha value is -2.99. The van der Waals surface area contributed by atoms with Crippen LogP contribution in [0.3, 0.4) is 0 Å². The monoisotopic (exact) mass is 323 g/mol. The number of hydrogen-bond donors (Lipinski definition) is 1. The average molecular weight is 323 g/mol.